The van der Waals surface area contributed by atoms with Crippen molar-refractivity contribution < 1.29 is 4.42 Å². The minimum atomic E-state index is 0.243. The van der Waals surface area contributed by atoms with E-state index in [0.29, 0.717) is 6.04 Å². The second-order valence-corrected chi connectivity index (χ2v) is 6.19. The Morgan fingerprint density at radius 1 is 1.00 bits per heavy atom. The summed E-state index contributed by atoms with van der Waals surface area (Å²) in [4.78, 5) is 0. The molecule has 2 atom stereocenters. The number of furan rings is 1. The van der Waals surface area contributed by atoms with Crippen LogP contribution in [0, 0.1) is 5.92 Å². The second kappa shape index (κ2) is 6.95. The minimum Gasteiger partial charge on any atom is -0.468 e. The van der Waals surface area contributed by atoms with Crippen LogP contribution in [0.4, 0.5) is 0 Å². The van der Waals surface area contributed by atoms with E-state index in [1.165, 1.54) is 37.7 Å². The topological polar surface area (TPSA) is 25.2 Å². The molecule has 0 aliphatic heterocycles. The molecule has 0 bridgehead atoms. The quantitative estimate of drug-likeness (QED) is 0.810. The van der Waals surface area contributed by atoms with Gasteiger partial charge in [-0.2, -0.15) is 0 Å². The largest absolute Gasteiger partial charge is 0.468 e. The summed E-state index contributed by atoms with van der Waals surface area (Å²) in [5, 5.41) is 3.81. The van der Waals surface area contributed by atoms with E-state index in [1.807, 2.05) is 6.07 Å². The lowest BCUT2D eigenvalue weighted by Crippen LogP contribution is -2.31. The molecule has 1 unspecified atom stereocenters. The monoisotopic (exact) mass is 283 g/mol. The molecule has 3 rings (SSSR count). The number of hydrogen-bond acceptors (Lipinski definition) is 2. The van der Waals surface area contributed by atoms with Crippen molar-refractivity contribution >= 4 is 0 Å². The highest BCUT2D eigenvalue weighted by atomic mass is 16.3. The average molecular weight is 283 g/mol. The summed E-state index contributed by atoms with van der Waals surface area (Å²) in [6, 6.07) is 15.6. The van der Waals surface area contributed by atoms with Gasteiger partial charge < -0.3 is 9.73 Å². The molecule has 1 aromatic heterocycles. The van der Waals surface area contributed by atoms with E-state index in [4.69, 9.17) is 4.42 Å². The Morgan fingerprint density at radius 2 is 1.76 bits per heavy atom. The van der Waals surface area contributed by atoms with Crippen molar-refractivity contribution in [3.63, 3.8) is 0 Å². The number of nitrogens with one attached hydrogen (secondary N) is 1. The molecule has 1 aliphatic rings. The van der Waals surface area contributed by atoms with Crippen LogP contribution < -0.4 is 5.32 Å². The van der Waals surface area contributed by atoms with E-state index in [1.54, 1.807) is 6.26 Å². The Hall–Kier alpha value is -1.54. The summed E-state index contributed by atoms with van der Waals surface area (Å²) in [5.74, 6) is 1.75. The highest BCUT2D eigenvalue weighted by Gasteiger charge is 2.26. The molecular formula is C19H25NO. The number of rotatable bonds is 5. The highest BCUT2D eigenvalue weighted by Crippen LogP contribution is 2.36. The number of hydrogen-bond donors (Lipinski definition) is 1. The van der Waals surface area contributed by atoms with Crippen LogP contribution in [0.3, 0.4) is 0 Å². The fourth-order valence-corrected chi connectivity index (χ4v) is 3.52. The van der Waals surface area contributed by atoms with E-state index >= 15 is 0 Å². The van der Waals surface area contributed by atoms with Crippen LogP contribution in [0.2, 0.25) is 0 Å². The molecule has 1 heterocycles. The van der Waals surface area contributed by atoms with Gasteiger partial charge in [0.15, 0.2) is 0 Å². The van der Waals surface area contributed by atoms with Crippen molar-refractivity contribution in [1.29, 1.82) is 0 Å². The van der Waals surface area contributed by atoms with Gasteiger partial charge in [0, 0.05) is 6.04 Å². The van der Waals surface area contributed by atoms with Crippen molar-refractivity contribution in [3.05, 3.63) is 60.1 Å². The van der Waals surface area contributed by atoms with Crippen LogP contribution in [-0.4, -0.2) is 0 Å². The van der Waals surface area contributed by atoms with Gasteiger partial charge in [0.1, 0.15) is 5.76 Å². The average Bonchev–Trinajstić information content (AvgIpc) is 3.09. The predicted octanol–water partition coefficient (Wildman–Crippen LogP) is 5.25. The van der Waals surface area contributed by atoms with Gasteiger partial charge in [0.2, 0.25) is 0 Å². The van der Waals surface area contributed by atoms with Gasteiger partial charge in [-0.3, -0.25) is 0 Å². The SMILES string of the molecule is C[C@@H](NC(c1ccccc1)C1CCCCC1)c1ccco1. The predicted molar refractivity (Wildman–Crippen MR) is 86.0 cm³/mol. The van der Waals surface area contributed by atoms with Crippen LogP contribution in [-0.2, 0) is 0 Å². The summed E-state index contributed by atoms with van der Waals surface area (Å²) < 4.78 is 5.56. The van der Waals surface area contributed by atoms with Gasteiger partial charge in [-0.05, 0) is 43.4 Å². The maximum Gasteiger partial charge on any atom is 0.120 e. The molecule has 2 aromatic rings. The van der Waals surface area contributed by atoms with Crippen molar-refractivity contribution in [2.24, 2.45) is 5.92 Å². The first-order chi connectivity index (χ1) is 10.3. The molecule has 1 aromatic carbocycles. The maximum absolute atomic E-state index is 5.56. The molecule has 0 saturated heterocycles. The lowest BCUT2D eigenvalue weighted by Gasteiger charge is -2.33. The second-order valence-electron chi connectivity index (χ2n) is 6.19. The minimum absolute atomic E-state index is 0.243. The molecule has 21 heavy (non-hydrogen) atoms. The van der Waals surface area contributed by atoms with Crippen LogP contribution in [0.25, 0.3) is 0 Å². The molecule has 1 fully saturated rings. The first-order valence-corrected chi connectivity index (χ1v) is 8.19. The van der Waals surface area contributed by atoms with Gasteiger partial charge in [-0.15, -0.1) is 0 Å². The molecule has 0 amide bonds. The van der Waals surface area contributed by atoms with E-state index in [2.05, 4.69) is 48.6 Å². The van der Waals surface area contributed by atoms with Gasteiger partial charge in [-0.1, -0.05) is 49.6 Å². The highest BCUT2D eigenvalue weighted by molar-refractivity contribution is 5.20. The Kier molecular flexibility index (Phi) is 4.76. The zero-order valence-corrected chi connectivity index (χ0v) is 12.8. The lowest BCUT2D eigenvalue weighted by atomic mass is 9.81. The first kappa shape index (κ1) is 14.4. The van der Waals surface area contributed by atoms with Gasteiger partial charge in [-0.25, -0.2) is 0 Å². The van der Waals surface area contributed by atoms with Crippen LogP contribution in [0.5, 0.6) is 0 Å². The van der Waals surface area contributed by atoms with E-state index in [-0.39, 0.29) is 6.04 Å². The third-order valence-electron chi connectivity index (χ3n) is 4.68. The molecule has 1 N–H and O–H groups in total. The molecule has 1 saturated carbocycles. The van der Waals surface area contributed by atoms with E-state index in [0.717, 1.165) is 11.7 Å². The standard InChI is InChI=1S/C19H25NO/c1-15(18-13-8-14-21-18)20-19(16-9-4-2-5-10-16)17-11-6-3-7-12-17/h2,4-5,8-10,13-15,17,19-20H,3,6-7,11-12H2,1H3/t15-,19?/m1/s1. The number of benzene rings is 1. The normalized spacial score (nSPS) is 19.3. The molecular weight excluding hydrogens is 258 g/mol. The third kappa shape index (κ3) is 3.56. The van der Waals surface area contributed by atoms with Gasteiger partial charge in [0.05, 0.1) is 12.3 Å². The van der Waals surface area contributed by atoms with Crippen molar-refractivity contribution in [1.82, 2.24) is 5.32 Å². The zero-order chi connectivity index (χ0) is 14.5. The third-order valence-corrected chi connectivity index (χ3v) is 4.68. The van der Waals surface area contributed by atoms with Gasteiger partial charge in [0.25, 0.3) is 0 Å². The Morgan fingerprint density at radius 3 is 2.43 bits per heavy atom. The summed E-state index contributed by atoms with van der Waals surface area (Å²) in [6.07, 6.45) is 8.54. The first-order valence-electron chi connectivity index (χ1n) is 8.19. The van der Waals surface area contributed by atoms with E-state index < -0.39 is 0 Å². The summed E-state index contributed by atoms with van der Waals surface area (Å²) in [5.41, 5.74) is 1.41. The molecule has 1 aliphatic carbocycles. The Bertz CT molecular complexity index is 514. The molecule has 112 valence electrons. The molecule has 0 spiro atoms. The smallest absolute Gasteiger partial charge is 0.120 e. The summed E-state index contributed by atoms with van der Waals surface area (Å²) in [6.45, 7) is 2.19. The van der Waals surface area contributed by atoms with Crippen LogP contribution in [0.15, 0.2) is 53.1 Å². The molecule has 2 heteroatoms. The molecule has 0 radical (unpaired) electrons. The summed E-state index contributed by atoms with van der Waals surface area (Å²) in [7, 11) is 0. The van der Waals surface area contributed by atoms with Gasteiger partial charge >= 0.3 is 0 Å². The van der Waals surface area contributed by atoms with Crippen LogP contribution >= 0.6 is 0 Å². The fourth-order valence-electron chi connectivity index (χ4n) is 3.52. The fraction of sp³-hybridized carbons (Fsp3) is 0.474. The zero-order valence-electron chi connectivity index (χ0n) is 12.8. The van der Waals surface area contributed by atoms with Crippen molar-refractivity contribution in [2.45, 2.75) is 51.1 Å². The lowest BCUT2D eigenvalue weighted by molar-refractivity contribution is 0.249. The Balaban J connectivity index is 1.78. The van der Waals surface area contributed by atoms with Crippen molar-refractivity contribution in [3.8, 4) is 0 Å². The summed E-state index contributed by atoms with van der Waals surface area (Å²) >= 11 is 0. The van der Waals surface area contributed by atoms with Crippen molar-refractivity contribution in [2.75, 3.05) is 0 Å². The van der Waals surface area contributed by atoms with E-state index in [9.17, 15) is 0 Å². The van der Waals surface area contributed by atoms with Crippen LogP contribution in [0.1, 0.15) is 62.4 Å². The maximum atomic E-state index is 5.56. The Labute approximate surface area is 127 Å². The molecule has 2 nitrogen and oxygen atoms in total.